The normalized spacial score (nSPS) is 26.3. The molecule has 6 aromatic carbocycles. The van der Waals surface area contributed by atoms with Crippen molar-refractivity contribution in [1.82, 2.24) is 0 Å². The molecule has 30 nitrogen and oxygen atoms in total. The number of aliphatic hydroxyl groups excluding tert-OH is 4. The van der Waals surface area contributed by atoms with E-state index in [1.165, 1.54) is 64.5 Å². The smallest absolute Gasteiger partial charge is 0.253 e. The van der Waals surface area contributed by atoms with Crippen molar-refractivity contribution >= 4 is 57.4 Å². The third kappa shape index (κ3) is 11.3. The average molecular weight is 1360 g/mol. The molecule has 6 aliphatic rings. The molecule has 0 aromatic heterocycles. The van der Waals surface area contributed by atoms with Crippen molar-refractivity contribution in [1.29, 1.82) is 0 Å². The van der Waals surface area contributed by atoms with Gasteiger partial charge in [0.1, 0.15) is 93.9 Å². The lowest BCUT2D eigenvalue weighted by molar-refractivity contribution is -0.245. The molecule has 2 fully saturated rings. The number of benzene rings is 4. The summed E-state index contributed by atoms with van der Waals surface area (Å²) < 4.78 is 35.3. The first-order chi connectivity index (χ1) is 46.6. The Morgan fingerprint density at radius 1 is 0.510 bits per heavy atom. The molecule has 2 saturated heterocycles. The van der Waals surface area contributed by atoms with Crippen molar-refractivity contribution < 1.29 is 108 Å². The van der Waals surface area contributed by atoms with Gasteiger partial charge in [-0.05, 0) is 38.8 Å². The molecular formula is C68H70N4O26. The number of methoxy groups -OCH3 is 2. The molecule has 14 N–H and O–H groups in total. The molecule has 2 heterocycles. The molecule has 518 valence electrons. The van der Waals surface area contributed by atoms with Gasteiger partial charge in [-0.1, -0.05) is 37.1 Å². The number of aromatic hydroxyl groups is 4. The second kappa shape index (κ2) is 26.2. The first-order valence-electron chi connectivity index (χ1n) is 31.8. The summed E-state index contributed by atoms with van der Waals surface area (Å²) in [6, 6.07) is 6.29. The molecule has 0 spiro atoms. The van der Waals surface area contributed by atoms with Crippen LogP contribution in [0.4, 0.5) is 22.7 Å². The number of fused-ring (bicyclic) bond motifs is 6. The van der Waals surface area contributed by atoms with Crippen molar-refractivity contribution in [2.75, 3.05) is 61.8 Å². The molecule has 12 rings (SSSR count). The lowest BCUT2D eigenvalue weighted by Crippen LogP contribution is -2.53. The van der Waals surface area contributed by atoms with Crippen LogP contribution in [0.3, 0.4) is 0 Å². The van der Waals surface area contributed by atoms with Gasteiger partial charge in [0, 0.05) is 85.0 Å². The number of Topliss-reactive ketones (excluding diaryl/α,β-unsaturated/α-hetero) is 2. The van der Waals surface area contributed by atoms with Crippen LogP contribution in [0.15, 0.2) is 55.6 Å². The van der Waals surface area contributed by atoms with Crippen LogP contribution in [-0.2, 0) is 41.4 Å². The SMILES string of the molecule is COc1cccc2c1C(=O)c1c(O)c3c(c(O)c1C2=O)C[C@@](O)(C(=O)CO)C[C@@H]3OC1CC(Nc2c(NCCCCCCNc3c(NC4CC(O[C@H]5C[C@](O)(C(=O)CO)Cc6c(O)c7c(c(O)c65)C(=O)c5c(OC)cccc5C7=O)OC(C)C4O)c(=O)c3=O)c(=O)c2=O)C(O)C(C)O1. The summed E-state index contributed by atoms with van der Waals surface area (Å²) >= 11 is 0. The van der Waals surface area contributed by atoms with Crippen molar-refractivity contribution in [2.24, 2.45) is 0 Å². The van der Waals surface area contributed by atoms with E-state index in [2.05, 4.69) is 21.3 Å². The van der Waals surface area contributed by atoms with E-state index in [1.807, 2.05) is 0 Å². The Bertz CT molecular complexity index is 4210. The summed E-state index contributed by atoms with van der Waals surface area (Å²) in [6.07, 6.45) is -11.9. The topological polar surface area (TPSA) is 477 Å². The van der Waals surface area contributed by atoms with Gasteiger partial charge in [-0.2, -0.15) is 0 Å². The van der Waals surface area contributed by atoms with Crippen molar-refractivity contribution in [2.45, 2.75) is 151 Å². The highest BCUT2D eigenvalue weighted by atomic mass is 16.7. The molecule has 12 atom stereocenters. The second-order valence-electron chi connectivity index (χ2n) is 25.6. The van der Waals surface area contributed by atoms with Crippen molar-refractivity contribution in [3.63, 3.8) is 0 Å². The molecule has 0 bridgehead atoms. The quantitative estimate of drug-likeness (QED) is 0.0240. The number of carbonyl (C=O) groups is 6. The molecule has 30 heteroatoms. The Kier molecular flexibility index (Phi) is 18.3. The van der Waals surface area contributed by atoms with Crippen LogP contribution in [0, 0.1) is 0 Å². The highest BCUT2D eigenvalue weighted by Crippen LogP contribution is 2.55. The maximum atomic E-state index is 14.1. The number of unbranched alkanes of at least 4 members (excludes halogenated alkanes) is 3. The molecule has 98 heavy (non-hydrogen) atoms. The summed E-state index contributed by atoms with van der Waals surface area (Å²) in [5, 5.41) is 125. The standard InChI is InChI=1S/C68H70N4O26/c1-25-53(77)31(17-39(95-25)97-35-21-67(91,37(75)23-73)19-29-43(35)61(85)47-45(57(29)81)55(79)27-11-9-13-33(93-3)41(27)59(47)83)71-51-49(63(87)65(51)89)69-15-7-5-6-8-16-70-50-52(66(90)64(50)88)72-32-18-40(96-26(2)54(32)78)98-36-22-68(92,38(76)24-74)20-30-44(36)62(86)48-46(58(30)82)56(80)28-12-10-14-34(94-4)42(28)60(48)84/h9-14,25-26,31-32,35-36,39-40,53-54,69-74,77-78,81-82,85-86,91-92H,5-8,15-24H2,1-4H3/t25?,26?,31?,32?,35-,36-,39?,40?,53?,54?,67-,68-/m0/s1. The fourth-order valence-corrected chi connectivity index (χ4v) is 14.5. The monoisotopic (exact) mass is 1360 g/mol. The molecule has 0 radical (unpaired) electrons. The average Bonchev–Trinajstić information content (AvgIpc) is 0.717. The van der Waals surface area contributed by atoms with Crippen LogP contribution in [0.1, 0.15) is 163 Å². The molecule has 0 amide bonds. The Morgan fingerprint density at radius 2 is 0.867 bits per heavy atom. The number of ketones is 6. The zero-order valence-corrected chi connectivity index (χ0v) is 53.1. The van der Waals surface area contributed by atoms with Gasteiger partial charge in [0.2, 0.25) is 11.6 Å². The number of hydrogen-bond acceptors (Lipinski definition) is 30. The minimum Gasteiger partial charge on any atom is -0.507 e. The highest BCUT2D eigenvalue weighted by Gasteiger charge is 2.53. The number of anilines is 4. The Labute approximate surface area is 554 Å². The van der Waals surface area contributed by atoms with Crippen molar-refractivity contribution in [3.8, 4) is 34.5 Å². The van der Waals surface area contributed by atoms with Crippen LogP contribution in [-0.4, -0.2) is 187 Å². The number of aliphatic hydroxyl groups is 6. The lowest BCUT2D eigenvalue weighted by Gasteiger charge is -2.43. The van der Waals surface area contributed by atoms with E-state index in [1.54, 1.807) is 0 Å². The Morgan fingerprint density at radius 3 is 1.22 bits per heavy atom. The van der Waals surface area contributed by atoms with Crippen LogP contribution < -0.4 is 52.5 Å². The molecule has 0 saturated carbocycles. The Balaban J connectivity index is 0.660. The van der Waals surface area contributed by atoms with Gasteiger partial charge in [-0.3, -0.25) is 47.9 Å². The van der Waals surface area contributed by atoms with E-state index in [9.17, 15) is 99.0 Å². The molecule has 2 aliphatic heterocycles. The number of phenolic OH excluding ortho intramolecular Hbond substituents is 4. The van der Waals surface area contributed by atoms with E-state index in [0.29, 0.717) is 25.7 Å². The summed E-state index contributed by atoms with van der Waals surface area (Å²) in [5.41, 5.74) is -13.0. The fourth-order valence-electron chi connectivity index (χ4n) is 14.5. The minimum absolute atomic E-state index is 0.00619. The molecule has 6 aromatic rings. The summed E-state index contributed by atoms with van der Waals surface area (Å²) in [6.45, 7) is 1.04. The largest absolute Gasteiger partial charge is 0.507 e. The van der Waals surface area contributed by atoms with Crippen LogP contribution in [0.2, 0.25) is 0 Å². The van der Waals surface area contributed by atoms with E-state index in [4.69, 9.17) is 28.4 Å². The number of hydrogen-bond donors (Lipinski definition) is 14. The lowest BCUT2D eigenvalue weighted by atomic mass is 9.72. The van der Waals surface area contributed by atoms with E-state index < -0.39 is 213 Å². The number of rotatable bonds is 23. The van der Waals surface area contributed by atoms with E-state index in [-0.39, 0.29) is 105 Å². The zero-order chi connectivity index (χ0) is 70.5. The van der Waals surface area contributed by atoms with Crippen LogP contribution >= 0.6 is 0 Å². The Hall–Kier alpha value is -9.34. The van der Waals surface area contributed by atoms with Crippen LogP contribution in [0.5, 0.6) is 34.5 Å². The van der Waals surface area contributed by atoms with Gasteiger partial charge in [-0.15, -0.1) is 0 Å². The molecule has 4 aliphatic carbocycles. The van der Waals surface area contributed by atoms with Crippen molar-refractivity contribution in [3.05, 3.63) is 144 Å². The van der Waals surface area contributed by atoms with Gasteiger partial charge in [0.25, 0.3) is 21.7 Å². The maximum absolute atomic E-state index is 14.1. The third-order valence-electron chi connectivity index (χ3n) is 19.7. The minimum atomic E-state index is -2.44. The van der Waals surface area contributed by atoms with Crippen LogP contribution in [0.25, 0.3) is 0 Å². The summed E-state index contributed by atoms with van der Waals surface area (Å²) in [5.74, 6) is -8.92. The second-order valence-corrected chi connectivity index (χ2v) is 25.6. The number of phenols is 4. The molecule has 8 unspecified atom stereocenters. The van der Waals surface area contributed by atoms with Gasteiger partial charge >= 0.3 is 0 Å². The predicted molar refractivity (Wildman–Crippen MR) is 341 cm³/mol. The number of ether oxygens (including phenoxy) is 6. The van der Waals surface area contributed by atoms with Gasteiger partial charge in [0.15, 0.2) is 35.7 Å². The zero-order valence-electron chi connectivity index (χ0n) is 53.1. The molecular weight excluding hydrogens is 1290 g/mol. The number of nitrogens with one attached hydrogen (secondary N) is 4. The van der Waals surface area contributed by atoms with Gasteiger partial charge < -0.3 is 101 Å². The first kappa shape index (κ1) is 68.6. The third-order valence-corrected chi connectivity index (χ3v) is 19.7. The highest BCUT2D eigenvalue weighted by molar-refractivity contribution is 6.32. The van der Waals surface area contributed by atoms with Gasteiger partial charge in [-0.25, -0.2) is 0 Å². The number of carbonyl (C=O) groups excluding carboxylic acids is 6. The first-order valence-corrected chi connectivity index (χ1v) is 31.8. The van der Waals surface area contributed by atoms with Gasteiger partial charge in [0.05, 0.1) is 84.1 Å². The van der Waals surface area contributed by atoms with E-state index in [0.717, 1.165) is 0 Å². The van der Waals surface area contributed by atoms with E-state index >= 15 is 0 Å². The maximum Gasteiger partial charge on any atom is 0.253 e. The predicted octanol–water partition coefficient (Wildman–Crippen LogP) is 0.899. The summed E-state index contributed by atoms with van der Waals surface area (Å²) in [7, 11) is 2.54. The summed E-state index contributed by atoms with van der Waals surface area (Å²) in [4.78, 5) is 135. The fraction of sp³-hybridized carbons (Fsp3) is 0.441.